The van der Waals surface area contributed by atoms with Crippen LogP contribution in [0.3, 0.4) is 0 Å². The maximum atomic E-state index is 13.0. The predicted molar refractivity (Wildman–Crippen MR) is 77.7 cm³/mol. The molecule has 1 saturated heterocycles. The van der Waals surface area contributed by atoms with Crippen molar-refractivity contribution in [2.45, 2.75) is 31.9 Å². The van der Waals surface area contributed by atoms with E-state index in [9.17, 15) is 13.6 Å². The number of piperidine rings is 1. The van der Waals surface area contributed by atoms with Crippen LogP contribution in [0.15, 0.2) is 18.2 Å². The van der Waals surface area contributed by atoms with E-state index in [1.165, 1.54) is 6.07 Å². The highest BCUT2D eigenvalue weighted by atomic mass is 35.5. The van der Waals surface area contributed by atoms with Gasteiger partial charge in [-0.2, -0.15) is 0 Å². The van der Waals surface area contributed by atoms with Crippen LogP contribution in [0.2, 0.25) is 0 Å². The Kier molecular flexibility index (Phi) is 6.84. The molecule has 1 heterocycles. The zero-order valence-corrected chi connectivity index (χ0v) is 12.5. The maximum Gasteiger partial charge on any atom is 0.261 e. The highest BCUT2D eigenvalue weighted by Crippen LogP contribution is 2.17. The van der Waals surface area contributed by atoms with Crippen molar-refractivity contribution >= 4 is 18.3 Å². The molecule has 1 aliphatic rings. The number of hydrogen-bond donors (Lipinski definition) is 2. The Hall–Kier alpha value is -1.40. The van der Waals surface area contributed by atoms with Gasteiger partial charge in [-0.15, -0.1) is 12.4 Å². The molecule has 2 rings (SSSR count). The lowest BCUT2D eigenvalue weighted by molar-refractivity contribution is -0.128. The Morgan fingerprint density at radius 1 is 1.43 bits per heavy atom. The average Bonchev–Trinajstić information content (AvgIpc) is 2.44. The number of carbonyl (C=O) groups is 1. The van der Waals surface area contributed by atoms with E-state index in [2.05, 4.69) is 10.6 Å². The van der Waals surface area contributed by atoms with Gasteiger partial charge in [0.25, 0.3) is 5.91 Å². The highest BCUT2D eigenvalue weighted by Gasteiger charge is 2.20. The van der Waals surface area contributed by atoms with Crippen LogP contribution in [0, 0.1) is 11.6 Å². The SMILES string of the molecule is CC(Oc1ccc(F)c(F)c1)C(=O)N[C@H]1CCCNC1.Cl. The minimum atomic E-state index is -0.994. The summed E-state index contributed by atoms with van der Waals surface area (Å²) in [6, 6.07) is 3.29. The lowest BCUT2D eigenvalue weighted by Gasteiger charge is -2.25. The van der Waals surface area contributed by atoms with Gasteiger partial charge in [-0.05, 0) is 38.4 Å². The van der Waals surface area contributed by atoms with E-state index in [0.29, 0.717) is 0 Å². The van der Waals surface area contributed by atoms with Gasteiger partial charge in [0.05, 0.1) is 0 Å². The summed E-state index contributed by atoms with van der Waals surface area (Å²) in [6.07, 6.45) is 1.18. The number of carbonyl (C=O) groups excluding carboxylic acids is 1. The summed E-state index contributed by atoms with van der Waals surface area (Å²) in [5.41, 5.74) is 0. The van der Waals surface area contributed by atoms with Gasteiger partial charge >= 0.3 is 0 Å². The number of rotatable bonds is 4. The Bertz CT molecular complexity index is 482. The van der Waals surface area contributed by atoms with Crippen LogP contribution in [0.1, 0.15) is 19.8 Å². The van der Waals surface area contributed by atoms with E-state index in [1.54, 1.807) is 6.92 Å². The summed E-state index contributed by atoms with van der Waals surface area (Å²) in [6.45, 7) is 3.28. The number of ether oxygens (including phenoxy) is 1. The Morgan fingerprint density at radius 3 is 2.81 bits per heavy atom. The van der Waals surface area contributed by atoms with Crippen LogP contribution in [0.4, 0.5) is 8.78 Å². The fraction of sp³-hybridized carbons (Fsp3) is 0.500. The summed E-state index contributed by atoms with van der Waals surface area (Å²) >= 11 is 0. The van der Waals surface area contributed by atoms with Crippen molar-refractivity contribution in [2.24, 2.45) is 0 Å². The lowest BCUT2D eigenvalue weighted by atomic mass is 10.1. The molecule has 1 unspecified atom stereocenters. The molecule has 7 heteroatoms. The zero-order valence-electron chi connectivity index (χ0n) is 11.7. The van der Waals surface area contributed by atoms with Crippen molar-refractivity contribution in [3.63, 3.8) is 0 Å². The number of halogens is 3. The first-order chi connectivity index (χ1) is 9.56. The summed E-state index contributed by atoms with van der Waals surface area (Å²) in [5.74, 6) is -2.06. The maximum absolute atomic E-state index is 13.0. The first-order valence-electron chi connectivity index (χ1n) is 6.69. The zero-order chi connectivity index (χ0) is 14.5. The summed E-state index contributed by atoms with van der Waals surface area (Å²) in [4.78, 5) is 11.9. The van der Waals surface area contributed by atoms with Crippen molar-refractivity contribution in [2.75, 3.05) is 13.1 Å². The van der Waals surface area contributed by atoms with E-state index >= 15 is 0 Å². The first-order valence-corrected chi connectivity index (χ1v) is 6.69. The van der Waals surface area contributed by atoms with E-state index in [4.69, 9.17) is 4.74 Å². The van der Waals surface area contributed by atoms with Crippen LogP contribution >= 0.6 is 12.4 Å². The molecule has 118 valence electrons. The average molecular weight is 321 g/mol. The lowest BCUT2D eigenvalue weighted by Crippen LogP contribution is -2.49. The van der Waals surface area contributed by atoms with Gasteiger partial charge in [-0.25, -0.2) is 8.78 Å². The quantitative estimate of drug-likeness (QED) is 0.892. The fourth-order valence-electron chi connectivity index (χ4n) is 2.10. The largest absolute Gasteiger partial charge is 0.481 e. The first kappa shape index (κ1) is 17.7. The van der Waals surface area contributed by atoms with Crippen molar-refractivity contribution in [1.29, 1.82) is 0 Å². The Balaban J connectivity index is 0.00000220. The molecule has 0 saturated carbocycles. The van der Waals surface area contributed by atoms with Crippen molar-refractivity contribution < 1.29 is 18.3 Å². The van der Waals surface area contributed by atoms with Crippen LogP contribution in [0.5, 0.6) is 5.75 Å². The van der Waals surface area contributed by atoms with Crippen molar-refractivity contribution in [1.82, 2.24) is 10.6 Å². The normalized spacial score (nSPS) is 19.3. The molecule has 0 bridgehead atoms. The minimum absolute atomic E-state index is 0. The minimum Gasteiger partial charge on any atom is -0.481 e. The molecule has 1 amide bonds. The molecule has 0 spiro atoms. The number of nitrogens with one attached hydrogen (secondary N) is 2. The molecular formula is C14H19ClF2N2O2. The molecule has 21 heavy (non-hydrogen) atoms. The number of amides is 1. The highest BCUT2D eigenvalue weighted by molar-refractivity contribution is 5.85. The fourth-order valence-corrected chi connectivity index (χ4v) is 2.10. The van der Waals surface area contributed by atoms with E-state index in [-0.39, 0.29) is 30.1 Å². The smallest absolute Gasteiger partial charge is 0.261 e. The van der Waals surface area contributed by atoms with Gasteiger partial charge in [-0.3, -0.25) is 4.79 Å². The molecule has 0 aromatic heterocycles. The van der Waals surface area contributed by atoms with Gasteiger partial charge in [0.2, 0.25) is 0 Å². The van der Waals surface area contributed by atoms with Crippen LogP contribution in [-0.2, 0) is 4.79 Å². The van der Waals surface area contributed by atoms with Crippen LogP contribution < -0.4 is 15.4 Å². The van der Waals surface area contributed by atoms with Gasteiger partial charge in [-0.1, -0.05) is 0 Å². The Morgan fingerprint density at radius 2 is 2.19 bits per heavy atom. The second-order valence-electron chi connectivity index (χ2n) is 4.89. The topological polar surface area (TPSA) is 50.4 Å². The van der Waals surface area contributed by atoms with E-state index in [1.807, 2.05) is 0 Å². The van der Waals surface area contributed by atoms with Crippen LogP contribution in [-0.4, -0.2) is 31.1 Å². The molecule has 2 N–H and O–H groups in total. The summed E-state index contributed by atoms with van der Waals surface area (Å²) in [5, 5.41) is 6.07. The van der Waals surface area contributed by atoms with E-state index in [0.717, 1.165) is 38.1 Å². The number of hydrogen-bond acceptors (Lipinski definition) is 3. The standard InChI is InChI=1S/C14H18F2N2O2.ClH/c1-9(14(19)18-10-3-2-6-17-8-10)20-11-4-5-12(15)13(16)7-11;/h4-5,7,9-10,17H,2-3,6,8H2,1H3,(H,18,19);1H/t9?,10-;/m0./s1. The molecule has 1 fully saturated rings. The third-order valence-electron chi connectivity index (χ3n) is 3.22. The predicted octanol–water partition coefficient (Wildman–Crippen LogP) is 2.02. The third-order valence-corrected chi connectivity index (χ3v) is 3.22. The second kappa shape index (κ2) is 8.14. The molecule has 1 aromatic rings. The second-order valence-corrected chi connectivity index (χ2v) is 4.89. The molecule has 1 aromatic carbocycles. The molecule has 4 nitrogen and oxygen atoms in total. The monoisotopic (exact) mass is 320 g/mol. The van der Waals surface area contributed by atoms with Gasteiger partial charge in [0.15, 0.2) is 17.7 Å². The molecule has 0 aliphatic carbocycles. The Labute approximate surface area is 128 Å². The van der Waals surface area contributed by atoms with Gasteiger partial charge in [0.1, 0.15) is 5.75 Å². The van der Waals surface area contributed by atoms with Gasteiger partial charge < -0.3 is 15.4 Å². The summed E-state index contributed by atoms with van der Waals surface area (Å²) in [7, 11) is 0. The molecular weight excluding hydrogens is 302 g/mol. The molecule has 2 atom stereocenters. The van der Waals surface area contributed by atoms with Crippen molar-refractivity contribution in [3.8, 4) is 5.75 Å². The van der Waals surface area contributed by atoms with Crippen molar-refractivity contribution in [3.05, 3.63) is 29.8 Å². The summed E-state index contributed by atoms with van der Waals surface area (Å²) < 4.78 is 31.1. The third kappa shape index (κ3) is 5.13. The number of benzene rings is 1. The molecule has 1 aliphatic heterocycles. The van der Waals surface area contributed by atoms with E-state index < -0.39 is 17.7 Å². The van der Waals surface area contributed by atoms with Crippen LogP contribution in [0.25, 0.3) is 0 Å². The van der Waals surface area contributed by atoms with Gasteiger partial charge in [0, 0.05) is 18.7 Å². The molecule has 0 radical (unpaired) electrons.